The number of nitrogens with zero attached hydrogens (tertiary/aromatic N) is 1. The van der Waals surface area contributed by atoms with Crippen LogP contribution in [0.4, 0.5) is 5.88 Å². The van der Waals surface area contributed by atoms with Crippen molar-refractivity contribution in [3.63, 3.8) is 0 Å². The number of anilines is 1. The van der Waals surface area contributed by atoms with Gasteiger partial charge in [0.05, 0.1) is 11.3 Å². The Hall–Kier alpha value is -1.77. The van der Waals surface area contributed by atoms with Crippen molar-refractivity contribution in [1.82, 2.24) is 5.16 Å². The van der Waals surface area contributed by atoms with Crippen molar-refractivity contribution in [2.45, 2.75) is 19.3 Å². The lowest BCUT2D eigenvalue weighted by Gasteiger charge is -2.00. The van der Waals surface area contributed by atoms with Gasteiger partial charge in [-0.2, -0.15) is 0 Å². The zero-order valence-electron chi connectivity index (χ0n) is 9.18. The van der Waals surface area contributed by atoms with Crippen molar-refractivity contribution in [3.05, 3.63) is 36.0 Å². The monoisotopic (exact) mass is 214 g/mol. The summed E-state index contributed by atoms with van der Waals surface area (Å²) in [5.74, 6) is 1.66. The van der Waals surface area contributed by atoms with Crippen LogP contribution in [0.2, 0.25) is 0 Å². The molecule has 3 rings (SSSR count). The standard InChI is InChI=1S/C13H14N2O/c1-8-7-10(8)12-11(13(14)16-15-12)9-5-3-2-4-6-9/h2-6,8,10H,7,14H2,1H3. The van der Waals surface area contributed by atoms with Crippen LogP contribution in [0.25, 0.3) is 11.1 Å². The van der Waals surface area contributed by atoms with Crippen LogP contribution in [0.5, 0.6) is 0 Å². The van der Waals surface area contributed by atoms with Crippen LogP contribution >= 0.6 is 0 Å². The minimum absolute atomic E-state index is 0.431. The van der Waals surface area contributed by atoms with E-state index in [1.165, 1.54) is 6.42 Å². The fraction of sp³-hybridized carbons (Fsp3) is 0.308. The quantitative estimate of drug-likeness (QED) is 0.835. The predicted molar refractivity (Wildman–Crippen MR) is 62.9 cm³/mol. The molecule has 1 fully saturated rings. The van der Waals surface area contributed by atoms with E-state index < -0.39 is 0 Å². The third-order valence-electron chi connectivity index (χ3n) is 3.27. The average Bonchev–Trinajstić information content (AvgIpc) is 2.89. The van der Waals surface area contributed by atoms with Crippen molar-refractivity contribution < 1.29 is 4.52 Å². The maximum Gasteiger partial charge on any atom is 0.230 e. The van der Waals surface area contributed by atoms with Gasteiger partial charge in [-0.3, -0.25) is 0 Å². The number of nitrogen functional groups attached to an aromatic ring is 1. The third-order valence-corrected chi connectivity index (χ3v) is 3.27. The second-order valence-electron chi connectivity index (χ2n) is 4.49. The predicted octanol–water partition coefficient (Wildman–Crippen LogP) is 3.05. The summed E-state index contributed by atoms with van der Waals surface area (Å²) in [6, 6.07) is 10.1. The molecule has 1 saturated carbocycles. The Bertz CT molecular complexity index is 504. The number of hydrogen-bond donors (Lipinski definition) is 1. The number of rotatable bonds is 2. The smallest absolute Gasteiger partial charge is 0.230 e. The number of benzene rings is 1. The molecule has 3 heteroatoms. The van der Waals surface area contributed by atoms with Crippen molar-refractivity contribution in [2.24, 2.45) is 5.92 Å². The molecule has 2 atom stereocenters. The molecule has 1 heterocycles. The van der Waals surface area contributed by atoms with Crippen molar-refractivity contribution >= 4 is 5.88 Å². The SMILES string of the molecule is CC1CC1c1noc(N)c1-c1ccccc1. The molecule has 2 unspecified atom stereocenters. The molecule has 3 nitrogen and oxygen atoms in total. The molecule has 0 amide bonds. The summed E-state index contributed by atoms with van der Waals surface area (Å²) in [5, 5.41) is 4.10. The van der Waals surface area contributed by atoms with Gasteiger partial charge < -0.3 is 10.3 Å². The first kappa shape index (κ1) is 9.46. The fourth-order valence-corrected chi connectivity index (χ4v) is 2.17. The number of nitrogens with two attached hydrogens (primary N) is 1. The molecule has 1 aromatic heterocycles. The molecule has 16 heavy (non-hydrogen) atoms. The van der Waals surface area contributed by atoms with Crippen LogP contribution in [0.3, 0.4) is 0 Å². The van der Waals surface area contributed by atoms with E-state index in [9.17, 15) is 0 Å². The van der Waals surface area contributed by atoms with E-state index in [1.807, 2.05) is 30.3 Å². The van der Waals surface area contributed by atoms with E-state index in [0.717, 1.165) is 16.8 Å². The zero-order valence-corrected chi connectivity index (χ0v) is 9.18. The molecule has 0 bridgehead atoms. The van der Waals surface area contributed by atoms with E-state index in [4.69, 9.17) is 10.3 Å². The van der Waals surface area contributed by atoms with Gasteiger partial charge in [-0.05, 0) is 17.9 Å². The van der Waals surface area contributed by atoms with Gasteiger partial charge in [-0.15, -0.1) is 0 Å². The minimum atomic E-state index is 0.431. The minimum Gasteiger partial charge on any atom is -0.367 e. The summed E-state index contributed by atoms with van der Waals surface area (Å²) in [6.45, 7) is 2.23. The Balaban J connectivity index is 2.09. The van der Waals surface area contributed by atoms with Gasteiger partial charge in [0.15, 0.2) is 0 Å². The Labute approximate surface area is 94.2 Å². The lowest BCUT2D eigenvalue weighted by atomic mass is 10.0. The molecule has 2 aromatic rings. The Morgan fingerprint density at radius 2 is 2.00 bits per heavy atom. The highest BCUT2D eigenvalue weighted by Gasteiger charge is 2.39. The van der Waals surface area contributed by atoms with Gasteiger partial charge >= 0.3 is 0 Å². The number of aromatic nitrogens is 1. The molecule has 2 N–H and O–H groups in total. The van der Waals surface area contributed by atoms with E-state index in [-0.39, 0.29) is 0 Å². The summed E-state index contributed by atoms with van der Waals surface area (Å²) in [7, 11) is 0. The first-order chi connectivity index (χ1) is 7.77. The summed E-state index contributed by atoms with van der Waals surface area (Å²) in [6.07, 6.45) is 1.19. The Kier molecular flexibility index (Phi) is 1.99. The van der Waals surface area contributed by atoms with E-state index in [1.54, 1.807) is 0 Å². The fourth-order valence-electron chi connectivity index (χ4n) is 2.17. The third kappa shape index (κ3) is 1.40. The average molecular weight is 214 g/mol. The van der Waals surface area contributed by atoms with Gasteiger partial charge in [-0.1, -0.05) is 42.4 Å². The maximum absolute atomic E-state index is 5.86. The maximum atomic E-state index is 5.86. The molecule has 0 aliphatic heterocycles. The van der Waals surface area contributed by atoms with Crippen LogP contribution in [0.15, 0.2) is 34.9 Å². The number of hydrogen-bond acceptors (Lipinski definition) is 3. The molecule has 0 spiro atoms. The highest BCUT2D eigenvalue weighted by molar-refractivity contribution is 5.75. The largest absolute Gasteiger partial charge is 0.367 e. The van der Waals surface area contributed by atoms with E-state index in [2.05, 4.69) is 12.1 Å². The van der Waals surface area contributed by atoms with Crippen molar-refractivity contribution in [2.75, 3.05) is 5.73 Å². The molecule has 1 aliphatic carbocycles. The second kappa shape index (κ2) is 3.37. The van der Waals surface area contributed by atoms with Gasteiger partial charge in [-0.25, -0.2) is 0 Å². The van der Waals surface area contributed by atoms with Crippen molar-refractivity contribution in [1.29, 1.82) is 0 Å². The summed E-state index contributed by atoms with van der Waals surface area (Å²) in [5.41, 5.74) is 8.95. The molecule has 82 valence electrons. The van der Waals surface area contributed by atoms with Crippen LogP contribution in [0.1, 0.15) is 25.0 Å². The second-order valence-corrected chi connectivity index (χ2v) is 4.49. The van der Waals surface area contributed by atoms with Crippen LogP contribution < -0.4 is 5.73 Å². The van der Waals surface area contributed by atoms with Gasteiger partial charge in [0.2, 0.25) is 5.88 Å². The topological polar surface area (TPSA) is 52.0 Å². The molecule has 1 aromatic carbocycles. The molecule has 0 radical (unpaired) electrons. The first-order valence-electron chi connectivity index (χ1n) is 5.58. The summed E-state index contributed by atoms with van der Waals surface area (Å²) >= 11 is 0. The normalized spacial score (nSPS) is 23.3. The molecular weight excluding hydrogens is 200 g/mol. The Morgan fingerprint density at radius 1 is 1.31 bits per heavy atom. The zero-order chi connectivity index (χ0) is 11.1. The van der Waals surface area contributed by atoms with Crippen LogP contribution in [0, 0.1) is 5.92 Å². The lowest BCUT2D eigenvalue weighted by molar-refractivity contribution is 0.427. The Morgan fingerprint density at radius 3 is 2.62 bits per heavy atom. The van der Waals surface area contributed by atoms with Gasteiger partial charge in [0.1, 0.15) is 0 Å². The lowest BCUT2D eigenvalue weighted by Crippen LogP contribution is -1.89. The summed E-state index contributed by atoms with van der Waals surface area (Å²) in [4.78, 5) is 0. The molecular formula is C13H14N2O. The summed E-state index contributed by atoms with van der Waals surface area (Å²) < 4.78 is 5.13. The van der Waals surface area contributed by atoms with E-state index >= 15 is 0 Å². The van der Waals surface area contributed by atoms with Crippen molar-refractivity contribution in [3.8, 4) is 11.1 Å². The molecule has 0 saturated heterocycles. The van der Waals surface area contributed by atoms with Crippen LogP contribution in [-0.2, 0) is 0 Å². The van der Waals surface area contributed by atoms with Gasteiger partial charge in [0.25, 0.3) is 0 Å². The van der Waals surface area contributed by atoms with Gasteiger partial charge in [0, 0.05) is 5.92 Å². The highest BCUT2D eigenvalue weighted by atomic mass is 16.5. The highest BCUT2D eigenvalue weighted by Crippen LogP contribution is 2.50. The van der Waals surface area contributed by atoms with Crippen LogP contribution in [-0.4, -0.2) is 5.16 Å². The first-order valence-corrected chi connectivity index (χ1v) is 5.58. The van der Waals surface area contributed by atoms with E-state index in [0.29, 0.717) is 17.7 Å². The molecule has 1 aliphatic rings.